The first-order chi connectivity index (χ1) is 10.5. The molecular weight excluding hydrogens is 307 g/mol. The first kappa shape index (κ1) is 15.4. The lowest BCUT2D eigenvalue weighted by Gasteiger charge is -2.34. The van der Waals surface area contributed by atoms with E-state index in [-0.39, 0.29) is 17.0 Å². The molecule has 2 aliphatic rings. The van der Waals surface area contributed by atoms with Crippen molar-refractivity contribution >= 4 is 28.9 Å². The van der Waals surface area contributed by atoms with Gasteiger partial charge >= 0.3 is 0 Å². The number of hydrogen-bond donors (Lipinski definition) is 1. The normalized spacial score (nSPS) is 28.4. The molecule has 1 fully saturated rings. The smallest absolute Gasteiger partial charge is 0.259 e. The van der Waals surface area contributed by atoms with Crippen molar-refractivity contribution in [3.8, 4) is 0 Å². The third-order valence-electron chi connectivity index (χ3n) is 4.66. The summed E-state index contributed by atoms with van der Waals surface area (Å²) in [5.41, 5.74) is 0.595. The van der Waals surface area contributed by atoms with E-state index >= 15 is 0 Å². The zero-order chi connectivity index (χ0) is 15.9. The fourth-order valence-electron chi connectivity index (χ4n) is 3.41. The standard InChI is InChI=1S/C16H18ClFN2O2/c1-2-14-16(7-5-11(21)6-8-16)15(22)20(19-14)13-4-3-10(18)9-12(13)17/h3-4,9,11,21H,2,5-8H2,1H3. The summed E-state index contributed by atoms with van der Waals surface area (Å²) < 4.78 is 13.2. The number of rotatable bonds is 2. The Kier molecular flexibility index (Phi) is 3.95. The first-order valence-corrected chi connectivity index (χ1v) is 7.91. The van der Waals surface area contributed by atoms with E-state index in [4.69, 9.17) is 11.6 Å². The highest BCUT2D eigenvalue weighted by Crippen LogP contribution is 2.46. The molecule has 0 bridgehead atoms. The minimum absolute atomic E-state index is 0.121. The molecule has 1 amide bonds. The molecule has 1 saturated carbocycles. The number of halogens is 2. The van der Waals surface area contributed by atoms with Gasteiger partial charge in [0, 0.05) is 0 Å². The highest BCUT2D eigenvalue weighted by Gasteiger charge is 2.52. The maximum atomic E-state index is 13.2. The number of carbonyl (C=O) groups excluding carboxylic acids is 1. The molecule has 4 nitrogen and oxygen atoms in total. The predicted octanol–water partition coefficient (Wildman–Crippen LogP) is 3.51. The number of nitrogens with zero attached hydrogens (tertiary/aromatic N) is 2. The molecule has 0 unspecified atom stereocenters. The van der Waals surface area contributed by atoms with Crippen molar-refractivity contribution in [1.29, 1.82) is 0 Å². The maximum absolute atomic E-state index is 13.2. The highest BCUT2D eigenvalue weighted by atomic mass is 35.5. The Morgan fingerprint density at radius 1 is 1.45 bits per heavy atom. The molecule has 1 aromatic rings. The Balaban J connectivity index is 1.98. The zero-order valence-corrected chi connectivity index (χ0v) is 13.1. The van der Waals surface area contributed by atoms with Crippen molar-refractivity contribution in [3.63, 3.8) is 0 Å². The molecular formula is C16H18ClFN2O2. The quantitative estimate of drug-likeness (QED) is 0.905. The van der Waals surface area contributed by atoms with Crippen molar-refractivity contribution < 1.29 is 14.3 Å². The van der Waals surface area contributed by atoms with Gasteiger partial charge in [-0.15, -0.1) is 0 Å². The van der Waals surface area contributed by atoms with E-state index in [9.17, 15) is 14.3 Å². The molecule has 0 saturated heterocycles. The lowest BCUT2D eigenvalue weighted by molar-refractivity contribution is -0.126. The zero-order valence-electron chi connectivity index (χ0n) is 12.4. The van der Waals surface area contributed by atoms with Crippen molar-refractivity contribution in [2.24, 2.45) is 10.5 Å². The van der Waals surface area contributed by atoms with Gasteiger partial charge in [0.2, 0.25) is 0 Å². The Hall–Kier alpha value is -1.46. The number of aliphatic hydroxyl groups is 1. The summed E-state index contributed by atoms with van der Waals surface area (Å²) in [4.78, 5) is 13.0. The average molecular weight is 325 g/mol. The minimum atomic E-state index is -0.633. The van der Waals surface area contributed by atoms with E-state index < -0.39 is 11.2 Å². The summed E-state index contributed by atoms with van der Waals surface area (Å²) in [5.74, 6) is -0.569. The second kappa shape index (κ2) is 5.63. The maximum Gasteiger partial charge on any atom is 0.259 e. The van der Waals surface area contributed by atoms with Crippen LogP contribution in [0.2, 0.25) is 5.02 Å². The largest absolute Gasteiger partial charge is 0.393 e. The Morgan fingerprint density at radius 3 is 2.73 bits per heavy atom. The molecule has 1 aliphatic carbocycles. The lowest BCUT2D eigenvalue weighted by atomic mass is 9.69. The van der Waals surface area contributed by atoms with Crippen LogP contribution in [0.25, 0.3) is 0 Å². The average Bonchev–Trinajstić information content (AvgIpc) is 2.76. The van der Waals surface area contributed by atoms with Gasteiger partial charge in [-0.1, -0.05) is 18.5 Å². The second-order valence-electron chi connectivity index (χ2n) is 5.93. The molecule has 6 heteroatoms. The molecule has 0 atom stereocenters. The van der Waals surface area contributed by atoms with Gasteiger partial charge in [0.25, 0.3) is 5.91 Å². The molecule has 3 rings (SSSR count). The third kappa shape index (κ3) is 2.32. The molecule has 118 valence electrons. The molecule has 1 spiro atoms. The minimum Gasteiger partial charge on any atom is -0.393 e. The van der Waals surface area contributed by atoms with E-state index in [2.05, 4.69) is 5.10 Å². The molecule has 1 N–H and O–H groups in total. The second-order valence-corrected chi connectivity index (χ2v) is 6.33. The van der Waals surface area contributed by atoms with Crippen molar-refractivity contribution in [2.75, 3.05) is 5.01 Å². The van der Waals surface area contributed by atoms with E-state index in [0.717, 1.165) is 5.71 Å². The van der Waals surface area contributed by atoms with Gasteiger partial charge in [-0.25, -0.2) is 4.39 Å². The van der Waals surface area contributed by atoms with Crippen LogP contribution in [0, 0.1) is 11.2 Å². The van der Waals surface area contributed by atoms with Crippen LogP contribution >= 0.6 is 11.6 Å². The van der Waals surface area contributed by atoms with Gasteiger partial charge in [-0.2, -0.15) is 10.1 Å². The van der Waals surface area contributed by atoms with Gasteiger partial charge in [-0.3, -0.25) is 4.79 Å². The Labute approximate surface area is 133 Å². The topological polar surface area (TPSA) is 52.9 Å². The van der Waals surface area contributed by atoms with Crippen LogP contribution in [0.3, 0.4) is 0 Å². The number of carbonyl (C=O) groups is 1. The van der Waals surface area contributed by atoms with Gasteiger partial charge < -0.3 is 5.11 Å². The number of hydrogen-bond acceptors (Lipinski definition) is 3. The van der Waals surface area contributed by atoms with Crippen LogP contribution in [0.15, 0.2) is 23.3 Å². The van der Waals surface area contributed by atoms with Gasteiger partial charge in [0.1, 0.15) is 5.82 Å². The van der Waals surface area contributed by atoms with Crippen molar-refractivity contribution in [1.82, 2.24) is 0 Å². The van der Waals surface area contributed by atoms with Crippen LogP contribution < -0.4 is 5.01 Å². The number of anilines is 1. The SMILES string of the molecule is CCC1=NN(c2ccc(F)cc2Cl)C(=O)C12CCC(O)CC2. The van der Waals surface area contributed by atoms with Crippen LogP contribution in [-0.4, -0.2) is 22.8 Å². The van der Waals surface area contributed by atoms with Gasteiger partial charge in [-0.05, 0) is 50.3 Å². The summed E-state index contributed by atoms with van der Waals surface area (Å²) >= 11 is 6.07. The van der Waals surface area contributed by atoms with E-state index in [1.165, 1.54) is 23.2 Å². The summed E-state index contributed by atoms with van der Waals surface area (Å²) in [6, 6.07) is 3.93. The van der Waals surface area contributed by atoms with Crippen molar-refractivity contribution in [2.45, 2.75) is 45.1 Å². The van der Waals surface area contributed by atoms with Crippen molar-refractivity contribution in [3.05, 3.63) is 29.0 Å². The molecule has 1 aliphatic heterocycles. The van der Waals surface area contributed by atoms with Gasteiger partial charge in [0.05, 0.1) is 27.9 Å². The van der Waals surface area contributed by atoms with Crippen LogP contribution in [0.1, 0.15) is 39.0 Å². The third-order valence-corrected chi connectivity index (χ3v) is 4.96. The van der Waals surface area contributed by atoms with E-state index in [1.54, 1.807) is 0 Å². The summed E-state index contributed by atoms with van der Waals surface area (Å²) in [6.45, 7) is 1.97. The fourth-order valence-corrected chi connectivity index (χ4v) is 3.66. The fraction of sp³-hybridized carbons (Fsp3) is 0.500. The highest BCUT2D eigenvalue weighted by molar-refractivity contribution is 6.34. The van der Waals surface area contributed by atoms with Gasteiger partial charge in [0.15, 0.2) is 0 Å². The molecule has 1 heterocycles. The van der Waals surface area contributed by atoms with Crippen LogP contribution in [0.4, 0.5) is 10.1 Å². The molecule has 1 aromatic carbocycles. The summed E-state index contributed by atoms with van der Waals surface area (Å²) in [5, 5.41) is 15.7. The summed E-state index contributed by atoms with van der Waals surface area (Å²) in [7, 11) is 0. The number of aliphatic hydroxyl groups excluding tert-OH is 1. The molecule has 0 aromatic heterocycles. The van der Waals surface area contributed by atoms with E-state index in [0.29, 0.717) is 37.8 Å². The lowest BCUT2D eigenvalue weighted by Crippen LogP contribution is -2.43. The molecule has 0 radical (unpaired) electrons. The predicted molar refractivity (Wildman–Crippen MR) is 83.5 cm³/mol. The molecule has 22 heavy (non-hydrogen) atoms. The number of amides is 1. The number of hydrazone groups is 1. The summed E-state index contributed by atoms with van der Waals surface area (Å²) in [6.07, 6.45) is 2.69. The van der Waals surface area contributed by atoms with Crippen LogP contribution in [0.5, 0.6) is 0 Å². The van der Waals surface area contributed by atoms with E-state index in [1.807, 2.05) is 6.92 Å². The van der Waals surface area contributed by atoms with Crippen LogP contribution in [-0.2, 0) is 4.79 Å². The first-order valence-electron chi connectivity index (χ1n) is 7.53. The Morgan fingerprint density at radius 2 is 2.14 bits per heavy atom. The number of benzene rings is 1. The Bertz CT molecular complexity index is 639. The monoisotopic (exact) mass is 324 g/mol.